The lowest BCUT2D eigenvalue weighted by atomic mass is 9.99. The summed E-state index contributed by atoms with van der Waals surface area (Å²) < 4.78 is 47.6. The van der Waals surface area contributed by atoms with Gasteiger partial charge in [0, 0.05) is 23.1 Å². The molecule has 1 fully saturated rings. The number of carbonyl (C=O) groups excluding carboxylic acids is 1. The first-order chi connectivity index (χ1) is 18.3. The van der Waals surface area contributed by atoms with Gasteiger partial charge in [-0.25, -0.2) is 4.79 Å². The summed E-state index contributed by atoms with van der Waals surface area (Å²) in [6, 6.07) is 11.1. The molecule has 204 valence electrons. The maximum absolute atomic E-state index is 13.1. The smallest absolute Gasteiger partial charge is 0.387 e. The number of rotatable bonds is 13. The predicted molar refractivity (Wildman–Crippen MR) is 141 cm³/mol. The molecule has 0 saturated heterocycles. The zero-order valence-corrected chi connectivity index (χ0v) is 22.8. The van der Waals surface area contributed by atoms with E-state index in [4.69, 9.17) is 37.4 Å². The van der Waals surface area contributed by atoms with E-state index in [0.29, 0.717) is 50.1 Å². The highest BCUT2D eigenvalue weighted by atomic mass is 35.5. The molecule has 11 heteroatoms. The number of carbonyl (C=O) groups is 1. The van der Waals surface area contributed by atoms with Gasteiger partial charge in [-0.2, -0.15) is 8.78 Å². The Bertz CT molecular complexity index is 1240. The molecule has 3 aromatic rings. The van der Waals surface area contributed by atoms with Gasteiger partial charge >= 0.3 is 12.6 Å². The van der Waals surface area contributed by atoms with Crippen LogP contribution in [0, 0.1) is 5.92 Å². The van der Waals surface area contributed by atoms with Crippen molar-refractivity contribution in [3.8, 4) is 16.6 Å². The Morgan fingerprint density at radius 1 is 1.11 bits per heavy atom. The highest BCUT2D eigenvalue weighted by molar-refractivity contribution is 7.15. The topological polar surface area (TPSA) is 74.2 Å². The van der Waals surface area contributed by atoms with Crippen LogP contribution in [0.5, 0.6) is 16.6 Å². The van der Waals surface area contributed by atoms with Crippen LogP contribution < -0.4 is 14.2 Å². The molecule has 0 unspecified atom stereocenters. The van der Waals surface area contributed by atoms with Crippen molar-refractivity contribution >= 4 is 40.5 Å². The standard InChI is InChI=1S/C27H26Cl2F2O6S/c1-34-25-7-6-24(38-25)26(33)36-22(13-18-19(28)10-16(8-9-32)11-20(18)29)17-4-5-21(37-27(30)31)23(12-17)35-14-15-2-3-15/h4-7,10-12,15,22,27,32H,2-3,8-9,13-14H2,1H3/t22-/m0/s1. The van der Waals surface area contributed by atoms with Gasteiger partial charge < -0.3 is 24.1 Å². The minimum atomic E-state index is -3.03. The molecule has 1 heterocycles. The van der Waals surface area contributed by atoms with Crippen molar-refractivity contribution in [2.75, 3.05) is 20.3 Å². The highest BCUT2D eigenvalue weighted by Gasteiger charge is 2.26. The van der Waals surface area contributed by atoms with Gasteiger partial charge in [-0.05, 0) is 78.3 Å². The Morgan fingerprint density at radius 3 is 2.45 bits per heavy atom. The molecule has 1 N–H and O–H groups in total. The minimum absolute atomic E-state index is 0.0623. The quantitative estimate of drug-likeness (QED) is 0.215. The number of hydrogen-bond donors (Lipinski definition) is 1. The van der Waals surface area contributed by atoms with Crippen LogP contribution in [0.2, 0.25) is 10.0 Å². The van der Waals surface area contributed by atoms with Crippen LogP contribution in [-0.4, -0.2) is 38.0 Å². The third-order valence-corrected chi connectivity index (χ3v) is 7.65. The van der Waals surface area contributed by atoms with Gasteiger partial charge in [0.2, 0.25) is 0 Å². The van der Waals surface area contributed by atoms with Crippen molar-refractivity contribution in [1.29, 1.82) is 0 Å². The van der Waals surface area contributed by atoms with Gasteiger partial charge in [0.1, 0.15) is 11.0 Å². The fourth-order valence-corrected chi connectivity index (χ4v) is 5.18. The Labute approximate surface area is 233 Å². The molecular weight excluding hydrogens is 561 g/mol. The van der Waals surface area contributed by atoms with Crippen LogP contribution in [0.15, 0.2) is 42.5 Å². The van der Waals surface area contributed by atoms with Crippen LogP contribution in [0.3, 0.4) is 0 Å². The van der Waals surface area contributed by atoms with Crippen molar-refractivity contribution in [2.45, 2.75) is 38.4 Å². The molecule has 4 rings (SSSR count). The molecule has 0 radical (unpaired) electrons. The molecule has 38 heavy (non-hydrogen) atoms. The van der Waals surface area contributed by atoms with Gasteiger partial charge in [0.05, 0.1) is 13.7 Å². The number of hydrogen-bond acceptors (Lipinski definition) is 7. The molecule has 1 aromatic heterocycles. The molecule has 1 atom stereocenters. The summed E-state index contributed by atoms with van der Waals surface area (Å²) in [6.07, 6.45) is 1.61. The van der Waals surface area contributed by atoms with Gasteiger partial charge in [0.15, 0.2) is 16.6 Å². The summed E-state index contributed by atoms with van der Waals surface area (Å²) in [5, 5.41) is 10.5. The van der Waals surface area contributed by atoms with Crippen molar-refractivity contribution in [3.05, 3.63) is 74.1 Å². The largest absolute Gasteiger partial charge is 0.489 e. The van der Waals surface area contributed by atoms with Gasteiger partial charge in [-0.15, -0.1) is 0 Å². The maximum atomic E-state index is 13.1. The zero-order chi connectivity index (χ0) is 27.2. The van der Waals surface area contributed by atoms with Crippen LogP contribution in [0.25, 0.3) is 0 Å². The van der Waals surface area contributed by atoms with Gasteiger partial charge in [0.25, 0.3) is 0 Å². The molecule has 0 bridgehead atoms. The van der Waals surface area contributed by atoms with Gasteiger partial charge in [-0.1, -0.05) is 40.6 Å². The van der Waals surface area contributed by atoms with Gasteiger partial charge in [-0.3, -0.25) is 0 Å². The molecule has 2 aromatic carbocycles. The molecule has 1 aliphatic rings. The average Bonchev–Trinajstić information content (AvgIpc) is 3.58. The van der Waals surface area contributed by atoms with E-state index in [1.807, 2.05) is 0 Å². The third kappa shape index (κ3) is 7.50. The second kappa shape index (κ2) is 13.0. The van der Waals surface area contributed by atoms with E-state index < -0.39 is 18.7 Å². The molecule has 6 nitrogen and oxygen atoms in total. The van der Waals surface area contributed by atoms with E-state index in [9.17, 15) is 18.7 Å². The Morgan fingerprint density at radius 2 is 1.84 bits per heavy atom. The number of aliphatic hydroxyl groups excluding tert-OH is 1. The summed E-state index contributed by atoms with van der Waals surface area (Å²) in [7, 11) is 1.50. The van der Waals surface area contributed by atoms with E-state index in [-0.39, 0.29) is 24.5 Å². The number of benzene rings is 2. The monoisotopic (exact) mass is 586 g/mol. The molecule has 1 saturated carbocycles. The van der Waals surface area contributed by atoms with Crippen molar-refractivity contribution < 1.29 is 37.6 Å². The Balaban J connectivity index is 1.68. The average molecular weight is 587 g/mol. The lowest BCUT2D eigenvalue weighted by Crippen LogP contribution is -2.15. The van der Waals surface area contributed by atoms with E-state index >= 15 is 0 Å². The predicted octanol–water partition coefficient (Wildman–Crippen LogP) is 7.13. The highest BCUT2D eigenvalue weighted by Crippen LogP contribution is 2.39. The number of thiophene rings is 1. The number of ether oxygens (including phenoxy) is 4. The zero-order valence-electron chi connectivity index (χ0n) is 20.4. The summed E-state index contributed by atoms with van der Waals surface area (Å²) in [5.41, 5.74) is 1.78. The van der Waals surface area contributed by atoms with E-state index in [1.54, 1.807) is 24.3 Å². The fraction of sp³-hybridized carbons (Fsp3) is 0.370. The van der Waals surface area contributed by atoms with Crippen LogP contribution in [0.4, 0.5) is 8.78 Å². The van der Waals surface area contributed by atoms with E-state index in [1.165, 1.54) is 25.3 Å². The second-order valence-corrected chi connectivity index (χ2v) is 10.6. The lowest BCUT2D eigenvalue weighted by molar-refractivity contribution is -0.0515. The first kappa shape index (κ1) is 28.4. The second-order valence-electron chi connectivity index (χ2n) is 8.77. The van der Waals surface area contributed by atoms with Crippen LogP contribution >= 0.6 is 34.5 Å². The Hall–Kier alpha value is -2.59. The number of esters is 1. The first-order valence-electron chi connectivity index (χ1n) is 11.9. The number of alkyl halides is 2. The first-order valence-corrected chi connectivity index (χ1v) is 13.5. The summed E-state index contributed by atoms with van der Waals surface area (Å²) >= 11 is 14.2. The number of halogens is 4. The lowest BCUT2D eigenvalue weighted by Gasteiger charge is -2.22. The Kier molecular flexibility index (Phi) is 9.70. The number of aliphatic hydroxyl groups is 1. The summed E-state index contributed by atoms with van der Waals surface area (Å²) in [6.45, 7) is -2.72. The molecule has 1 aliphatic carbocycles. The molecular formula is C27H26Cl2F2O6S. The fourth-order valence-electron chi connectivity index (χ4n) is 3.79. The SMILES string of the molecule is COc1ccc(C(=O)O[C@@H](Cc2c(Cl)cc(CCO)cc2Cl)c2ccc(OC(F)F)c(OCC3CC3)c2)s1. The van der Waals surface area contributed by atoms with Crippen LogP contribution in [0.1, 0.15) is 45.3 Å². The summed E-state index contributed by atoms with van der Waals surface area (Å²) in [4.78, 5) is 13.4. The summed E-state index contributed by atoms with van der Waals surface area (Å²) in [5.74, 6) is -0.206. The van der Waals surface area contributed by atoms with Crippen molar-refractivity contribution in [1.82, 2.24) is 0 Å². The molecule has 0 spiro atoms. The third-order valence-electron chi connectivity index (χ3n) is 5.95. The molecule has 0 amide bonds. The van der Waals surface area contributed by atoms with E-state index in [0.717, 1.165) is 29.7 Å². The number of methoxy groups -OCH3 is 1. The maximum Gasteiger partial charge on any atom is 0.387 e. The minimum Gasteiger partial charge on any atom is -0.489 e. The molecule has 0 aliphatic heterocycles. The van der Waals surface area contributed by atoms with E-state index in [2.05, 4.69) is 4.74 Å². The van der Waals surface area contributed by atoms with Crippen molar-refractivity contribution in [2.24, 2.45) is 5.92 Å². The van der Waals surface area contributed by atoms with Crippen LogP contribution in [-0.2, 0) is 17.6 Å². The van der Waals surface area contributed by atoms with Crippen molar-refractivity contribution in [3.63, 3.8) is 0 Å². The normalized spacial score (nSPS) is 13.9.